The van der Waals surface area contributed by atoms with E-state index in [0.717, 1.165) is 12.8 Å². The van der Waals surface area contributed by atoms with E-state index in [4.69, 9.17) is 4.74 Å². The van der Waals surface area contributed by atoms with Gasteiger partial charge in [-0.15, -0.1) is 0 Å². The van der Waals surface area contributed by atoms with Crippen LogP contribution in [-0.2, 0) is 19.1 Å². The molecule has 0 radical (unpaired) electrons. The topological polar surface area (TPSA) is 95.9 Å². The third-order valence-corrected chi connectivity index (χ3v) is 6.04. The average molecular weight is 352 g/mol. The Hall–Kier alpha value is -1.63. The van der Waals surface area contributed by atoms with Crippen LogP contribution in [-0.4, -0.2) is 59.1 Å². The number of nitrogens with zero attached hydrogens (tertiary/aromatic N) is 1. The van der Waals surface area contributed by atoms with E-state index in [1.165, 1.54) is 12.8 Å². The van der Waals surface area contributed by atoms with Gasteiger partial charge in [-0.1, -0.05) is 12.8 Å². The molecule has 0 aromatic rings. The van der Waals surface area contributed by atoms with Crippen LogP contribution in [0.2, 0.25) is 0 Å². The zero-order valence-corrected chi connectivity index (χ0v) is 14.8. The van der Waals surface area contributed by atoms with Crippen molar-refractivity contribution in [2.75, 3.05) is 19.7 Å². The summed E-state index contributed by atoms with van der Waals surface area (Å²) in [4.78, 5) is 38.6. The lowest BCUT2D eigenvalue weighted by atomic mass is 9.76. The normalized spacial score (nSPS) is 29.0. The zero-order chi connectivity index (χ0) is 18.0. The van der Waals surface area contributed by atoms with Crippen molar-refractivity contribution < 1.29 is 24.2 Å². The highest BCUT2D eigenvalue weighted by Gasteiger charge is 2.57. The van der Waals surface area contributed by atoms with Gasteiger partial charge in [-0.25, -0.2) is 0 Å². The van der Waals surface area contributed by atoms with Crippen molar-refractivity contribution in [1.29, 1.82) is 0 Å². The van der Waals surface area contributed by atoms with Crippen molar-refractivity contribution in [1.82, 2.24) is 10.2 Å². The second-order valence-corrected chi connectivity index (χ2v) is 7.56. The molecule has 0 unspecified atom stereocenters. The first-order valence-corrected chi connectivity index (χ1v) is 9.41. The first-order valence-electron chi connectivity index (χ1n) is 9.41. The van der Waals surface area contributed by atoms with Gasteiger partial charge in [0.05, 0.1) is 12.1 Å². The molecule has 7 nitrogen and oxygen atoms in total. The number of ether oxygens (including phenoxy) is 1. The van der Waals surface area contributed by atoms with E-state index in [1.807, 2.05) is 4.90 Å². The highest BCUT2D eigenvalue weighted by Crippen LogP contribution is 2.38. The predicted molar refractivity (Wildman–Crippen MR) is 89.4 cm³/mol. The fourth-order valence-corrected chi connectivity index (χ4v) is 4.62. The summed E-state index contributed by atoms with van der Waals surface area (Å²) in [6, 6.07) is 0. The fourth-order valence-electron chi connectivity index (χ4n) is 4.62. The summed E-state index contributed by atoms with van der Waals surface area (Å²) in [5.41, 5.74) is -0.799. The van der Waals surface area contributed by atoms with Crippen LogP contribution in [0.15, 0.2) is 0 Å². The molecule has 2 amide bonds. The molecule has 3 aliphatic rings. The summed E-state index contributed by atoms with van der Waals surface area (Å²) < 4.78 is 5.06. The van der Waals surface area contributed by atoms with Crippen LogP contribution >= 0.6 is 0 Å². The van der Waals surface area contributed by atoms with E-state index in [1.54, 1.807) is 6.92 Å². The minimum atomic E-state index is -1.38. The number of aliphatic hydroxyl groups is 1. The Balaban J connectivity index is 1.63. The largest absolute Gasteiger partial charge is 0.466 e. The van der Waals surface area contributed by atoms with Crippen molar-refractivity contribution >= 4 is 17.8 Å². The molecule has 3 rings (SSSR count). The number of nitrogens with one attached hydrogen (secondary N) is 1. The Bertz CT molecular complexity index is 536. The van der Waals surface area contributed by atoms with Crippen molar-refractivity contribution in [3.05, 3.63) is 0 Å². The molecule has 25 heavy (non-hydrogen) atoms. The zero-order valence-electron chi connectivity index (χ0n) is 14.8. The Morgan fingerprint density at radius 3 is 2.52 bits per heavy atom. The van der Waals surface area contributed by atoms with Gasteiger partial charge in [0.25, 0.3) is 0 Å². The first kappa shape index (κ1) is 18.2. The van der Waals surface area contributed by atoms with Gasteiger partial charge in [0.15, 0.2) is 0 Å². The number of likely N-dealkylation sites (tertiary alicyclic amines) is 1. The van der Waals surface area contributed by atoms with Gasteiger partial charge in [0, 0.05) is 19.5 Å². The number of rotatable bonds is 4. The first-order chi connectivity index (χ1) is 12.0. The highest BCUT2D eigenvalue weighted by molar-refractivity contribution is 5.92. The number of amides is 2. The Labute approximate surface area is 148 Å². The van der Waals surface area contributed by atoms with Gasteiger partial charge in [-0.05, 0) is 38.5 Å². The molecule has 0 bridgehead atoms. The van der Waals surface area contributed by atoms with Crippen LogP contribution in [0.4, 0.5) is 0 Å². The maximum Gasteiger partial charge on any atom is 0.314 e. The van der Waals surface area contributed by atoms with E-state index in [0.29, 0.717) is 38.3 Å². The second kappa shape index (κ2) is 7.32. The third kappa shape index (κ3) is 3.52. The summed E-state index contributed by atoms with van der Waals surface area (Å²) in [5.74, 6) is -1.29. The van der Waals surface area contributed by atoms with Crippen LogP contribution in [0, 0.1) is 11.8 Å². The number of esters is 1. The van der Waals surface area contributed by atoms with Crippen LogP contribution in [0.25, 0.3) is 0 Å². The van der Waals surface area contributed by atoms with Gasteiger partial charge in [-0.3, -0.25) is 14.4 Å². The maximum atomic E-state index is 12.5. The molecule has 3 fully saturated rings. The van der Waals surface area contributed by atoms with Crippen LogP contribution in [0.5, 0.6) is 0 Å². The summed E-state index contributed by atoms with van der Waals surface area (Å²) in [5, 5.41) is 13.0. The molecule has 1 spiro atoms. The monoisotopic (exact) mass is 352 g/mol. The lowest BCUT2D eigenvalue weighted by molar-refractivity contribution is -0.155. The van der Waals surface area contributed by atoms with Gasteiger partial charge in [-0.2, -0.15) is 0 Å². The smallest absolute Gasteiger partial charge is 0.314 e. The number of hydrogen-bond donors (Lipinski definition) is 2. The molecule has 2 N–H and O–H groups in total. The molecular weight excluding hydrogens is 324 g/mol. The number of carbonyl (C=O) groups excluding carboxylic acids is 3. The molecule has 7 heteroatoms. The Kier molecular flexibility index (Phi) is 5.32. The number of aliphatic hydroxyl groups excluding tert-OH is 1. The molecule has 2 aliphatic heterocycles. The summed E-state index contributed by atoms with van der Waals surface area (Å²) in [6.45, 7) is 2.90. The molecule has 1 saturated carbocycles. The van der Waals surface area contributed by atoms with Crippen molar-refractivity contribution in [2.45, 2.75) is 63.5 Å². The quantitative estimate of drug-likeness (QED) is 0.722. The Morgan fingerprint density at radius 1 is 1.28 bits per heavy atom. The number of hydrogen-bond acceptors (Lipinski definition) is 5. The van der Waals surface area contributed by atoms with E-state index in [2.05, 4.69) is 5.32 Å². The Morgan fingerprint density at radius 2 is 1.92 bits per heavy atom. The van der Waals surface area contributed by atoms with Crippen molar-refractivity contribution in [3.8, 4) is 0 Å². The van der Waals surface area contributed by atoms with Gasteiger partial charge < -0.3 is 20.1 Å². The molecule has 2 atom stereocenters. The molecule has 2 saturated heterocycles. The average Bonchev–Trinajstić information content (AvgIpc) is 3.16. The summed E-state index contributed by atoms with van der Waals surface area (Å²) >= 11 is 0. The predicted octanol–water partition coefficient (Wildman–Crippen LogP) is 0.598. The van der Waals surface area contributed by atoms with Crippen LogP contribution in [0.1, 0.15) is 51.9 Å². The molecule has 0 aromatic heterocycles. The molecule has 140 valence electrons. The highest BCUT2D eigenvalue weighted by atomic mass is 16.5. The SMILES string of the molecule is CCOC(=O)[C@H]1[C@@H](O)C(=O)NC12CCN(C(=O)CC1CCCC1)CC2. The van der Waals surface area contributed by atoms with Gasteiger partial charge in [0.1, 0.15) is 12.0 Å². The third-order valence-electron chi connectivity index (χ3n) is 6.04. The number of piperidine rings is 1. The lowest BCUT2D eigenvalue weighted by Gasteiger charge is -2.42. The summed E-state index contributed by atoms with van der Waals surface area (Å²) in [7, 11) is 0. The van der Waals surface area contributed by atoms with Gasteiger partial charge >= 0.3 is 5.97 Å². The van der Waals surface area contributed by atoms with E-state index in [9.17, 15) is 19.5 Å². The molecule has 1 aliphatic carbocycles. The number of carbonyl (C=O) groups is 3. The van der Waals surface area contributed by atoms with Crippen molar-refractivity contribution in [3.63, 3.8) is 0 Å². The molecule has 2 heterocycles. The molecular formula is C18H28N2O5. The maximum absolute atomic E-state index is 12.5. The van der Waals surface area contributed by atoms with E-state index < -0.39 is 29.4 Å². The van der Waals surface area contributed by atoms with Crippen molar-refractivity contribution in [2.24, 2.45) is 11.8 Å². The van der Waals surface area contributed by atoms with Crippen LogP contribution < -0.4 is 5.32 Å². The van der Waals surface area contributed by atoms with E-state index >= 15 is 0 Å². The minimum Gasteiger partial charge on any atom is -0.466 e. The minimum absolute atomic E-state index is 0.166. The second-order valence-electron chi connectivity index (χ2n) is 7.56. The standard InChI is InChI=1S/C18H28N2O5/c1-2-25-17(24)14-15(22)16(23)19-18(14)7-9-20(10-8-18)13(21)11-12-5-3-4-6-12/h12,14-15,22H,2-11H2,1H3,(H,19,23)/t14-,15-/m1/s1. The molecule has 0 aromatic carbocycles. The van der Waals surface area contributed by atoms with Gasteiger partial charge in [0.2, 0.25) is 11.8 Å². The van der Waals surface area contributed by atoms with E-state index in [-0.39, 0.29) is 12.5 Å². The fraction of sp³-hybridized carbons (Fsp3) is 0.833. The van der Waals surface area contributed by atoms with Crippen LogP contribution in [0.3, 0.4) is 0 Å². The summed E-state index contributed by atoms with van der Waals surface area (Å²) in [6.07, 6.45) is 4.86. The lowest BCUT2D eigenvalue weighted by Crippen LogP contribution is -2.57.